The van der Waals surface area contributed by atoms with Crippen LogP contribution in [0, 0.1) is 12.8 Å². The van der Waals surface area contributed by atoms with Crippen LogP contribution in [0.2, 0.25) is 0 Å². The minimum Gasteiger partial charge on any atom is -0.378 e. The smallest absolute Gasteiger partial charge is 0.243 e. The van der Waals surface area contributed by atoms with Gasteiger partial charge in [0.1, 0.15) is 0 Å². The third-order valence-electron chi connectivity index (χ3n) is 6.13. The Hall–Kier alpha value is -2.29. The number of carbonyl (C=O) groups excluding carboxylic acids is 2. The number of morpholine rings is 1. The molecular formula is C23H30N4O3S. The minimum atomic E-state index is -0.313. The van der Waals surface area contributed by atoms with Crippen molar-refractivity contribution in [2.75, 3.05) is 44.7 Å². The Labute approximate surface area is 187 Å². The van der Waals surface area contributed by atoms with Crippen LogP contribution in [-0.4, -0.2) is 72.0 Å². The number of hydrogen-bond acceptors (Lipinski definition) is 6. The molecule has 4 rings (SSSR count). The zero-order valence-corrected chi connectivity index (χ0v) is 19.0. The molecule has 2 aromatic rings. The number of thiazole rings is 1. The first kappa shape index (κ1) is 21.9. The number of aryl methyl sites for hydroxylation is 1. The van der Waals surface area contributed by atoms with Crippen LogP contribution in [0.3, 0.4) is 0 Å². The molecule has 8 heteroatoms. The molecule has 0 bridgehead atoms. The number of hydrogen-bond donors (Lipinski definition) is 1. The number of amides is 2. The molecule has 2 aliphatic heterocycles. The van der Waals surface area contributed by atoms with Gasteiger partial charge in [0.25, 0.3) is 0 Å². The summed E-state index contributed by atoms with van der Waals surface area (Å²) in [7, 11) is 0. The summed E-state index contributed by atoms with van der Waals surface area (Å²) in [5.74, 6) is 0.0719. The molecule has 3 heterocycles. The summed E-state index contributed by atoms with van der Waals surface area (Å²) in [5, 5.41) is 5.53. The summed E-state index contributed by atoms with van der Waals surface area (Å²) in [6.07, 6.45) is 1.81. The predicted octanol–water partition coefficient (Wildman–Crippen LogP) is 3.02. The van der Waals surface area contributed by atoms with Gasteiger partial charge in [0, 0.05) is 30.6 Å². The molecule has 1 aromatic heterocycles. The molecule has 31 heavy (non-hydrogen) atoms. The van der Waals surface area contributed by atoms with Gasteiger partial charge in [0.15, 0.2) is 5.13 Å². The van der Waals surface area contributed by atoms with Gasteiger partial charge in [-0.2, -0.15) is 0 Å². The molecule has 0 radical (unpaired) electrons. The lowest BCUT2D eigenvalue weighted by atomic mass is 9.95. The van der Waals surface area contributed by atoms with Crippen LogP contribution >= 0.6 is 11.3 Å². The van der Waals surface area contributed by atoms with Gasteiger partial charge in [0.05, 0.1) is 30.9 Å². The number of rotatable bonds is 5. The molecule has 0 aliphatic carbocycles. The first-order valence-electron chi connectivity index (χ1n) is 11.0. The number of aromatic nitrogens is 1. The highest BCUT2D eigenvalue weighted by atomic mass is 32.1. The average Bonchev–Trinajstić information content (AvgIpc) is 3.27. The van der Waals surface area contributed by atoms with Crippen molar-refractivity contribution in [3.05, 3.63) is 35.2 Å². The van der Waals surface area contributed by atoms with E-state index in [0.29, 0.717) is 38.0 Å². The van der Waals surface area contributed by atoms with Crippen LogP contribution < -0.4 is 5.32 Å². The minimum absolute atomic E-state index is 0.0462. The Morgan fingerprint density at radius 3 is 2.68 bits per heavy atom. The maximum Gasteiger partial charge on any atom is 0.243 e. The van der Waals surface area contributed by atoms with Gasteiger partial charge in [-0.25, -0.2) is 4.98 Å². The van der Waals surface area contributed by atoms with Crippen molar-refractivity contribution in [1.29, 1.82) is 0 Å². The summed E-state index contributed by atoms with van der Waals surface area (Å²) >= 11 is 1.43. The Kier molecular flexibility index (Phi) is 6.99. The fraction of sp³-hybridized carbons (Fsp3) is 0.522. The van der Waals surface area contributed by atoms with Crippen molar-refractivity contribution in [2.24, 2.45) is 5.92 Å². The molecule has 2 atom stereocenters. The third kappa shape index (κ3) is 5.31. The number of likely N-dealkylation sites (tertiary alicyclic amines) is 1. The second-order valence-electron chi connectivity index (χ2n) is 8.34. The SMILES string of the molecule is Cc1ccc(-c2csc(NC(=O)C(C)N3CCCC(C(=O)N4CCOCC4)C3)n2)cc1. The Morgan fingerprint density at radius 2 is 1.94 bits per heavy atom. The van der Waals surface area contributed by atoms with Crippen LogP contribution in [0.15, 0.2) is 29.6 Å². The molecule has 2 amide bonds. The zero-order valence-electron chi connectivity index (χ0n) is 18.2. The van der Waals surface area contributed by atoms with E-state index in [1.54, 1.807) is 0 Å². The monoisotopic (exact) mass is 442 g/mol. The molecule has 2 fully saturated rings. The Morgan fingerprint density at radius 1 is 1.19 bits per heavy atom. The van der Waals surface area contributed by atoms with Gasteiger partial charge in [0.2, 0.25) is 11.8 Å². The highest BCUT2D eigenvalue weighted by Gasteiger charge is 2.33. The lowest BCUT2D eigenvalue weighted by molar-refractivity contribution is -0.142. The molecule has 2 aliphatic rings. The van der Waals surface area contributed by atoms with Crippen LogP contribution in [-0.2, 0) is 14.3 Å². The van der Waals surface area contributed by atoms with E-state index in [0.717, 1.165) is 30.6 Å². The second-order valence-corrected chi connectivity index (χ2v) is 9.20. The van der Waals surface area contributed by atoms with Gasteiger partial charge in [-0.1, -0.05) is 29.8 Å². The average molecular weight is 443 g/mol. The van der Waals surface area contributed by atoms with Gasteiger partial charge in [-0.3, -0.25) is 14.5 Å². The van der Waals surface area contributed by atoms with E-state index >= 15 is 0 Å². The zero-order chi connectivity index (χ0) is 21.8. The molecule has 1 aromatic carbocycles. The number of benzene rings is 1. The first-order chi connectivity index (χ1) is 15.0. The largest absolute Gasteiger partial charge is 0.378 e. The fourth-order valence-corrected chi connectivity index (χ4v) is 4.89. The van der Waals surface area contributed by atoms with E-state index in [1.807, 2.05) is 29.3 Å². The fourth-order valence-electron chi connectivity index (χ4n) is 4.17. The van der Waals surface area contributed by atoms with E-state index in [-0.39, 0.29) is 23.8 Å². The second kappa shape index (κ2) is 9.89. The van der Waals surface area contributed by atoms with Crippen LogP contribution in [0.4, 0.5) is 5.13 Å². The van der Waals surface area contributed by atoms with E-state index in [9.17, 15) is 9.59 Å². The molecular weight excluding hydrogens is 412 g/mol. The maximum absolute atomic E-state index is 12.9. The van der Waals surface area contributed by atoms with Crippen molar-refractivity contribution >= 4 is 28.3 Å². The number of nitrogens with one attached hydrogen (secondary N) is 1. The third-order valence-corrected chi connectivity index (χ3v) is 6.89. The number of ether oxygens (including phenoxy) is 1. The molecule has 0 saturated carbocycles. The summed E-state index contributed by atoms with van der Waals surface area (Å²) in [4.78, 5) is 34.4. The molecule has 2 unspecified atom stereocenters. The van der Waals surface area contributed by atoms with Crippen LogP contribution in [0.5, 0.6) is 0 Å². The molecule has 0 spiro atoms. The maximum atomic E-state index is 12.9. The highest BCUT2D eigenvalue weighted by molar-refractivity contribution is 7.14. The quantitative estimate of drug-likeness (QED) is 0.771. The van der Waals surface area contributed by atoms with Crippen molar-refractivity contribution < 1.29 is 14.3 Å². The molecule has 1 N–H and O–H groups in total. The summed E-state index contributed by atoms with van der Waals surface area (Å²) in [6, 6.07) is 7.88. The summed E-state index contributed by atoms with van der Waals surface area (Å²) < 4.78 is 5.36. The lowest BCUT2D eigenvalue weighted by Crippen LogP contribution is -2.52. The first-order valence-corrected chi connectivity index (χ1v) is 11.8. The highest BCUT2D eigenvalue weighted by Crippen LogP contribution is 2.26. The normalized spacial score (nSPS) is 21.0. The standard InChI is InChI=1S/C23H30N4O3S/c1-16-5-7-18(8-6-16)20-15-31-23(24-20)25-21(28)17(2)27-9-3-4-19(14-27)22(29)26-10-12-30-13-11-26/h5-8,15,17,19H,3-4,9-14H2,1-2H3,(H,24,25,28). The number of piperidine rings is 1. The number of carbonyl (C=O) groups is 2. The van der Waals surface area contributed by atoms with Gasteiger partial charge in [-0.05, 0) is 33.2 Å². The summed E-state index contributed by atoms with van der Waals surface area (Å²) in [5.41, 5.74) is 3.10. The van der Waals surface area contributed by atoms with E-state index < -0.39 is 0 Å². The van der Waals surface area contributed by atoms with Gasteiger partial charge < -0.3 is 15.0 Å². The van der Waals surface area contributed by atoms with Crippen LogP contribution in [0.25, 0.3) is 11.3 Å². The Bertz CT molecular complexity index is 908. The van der Waals surface area contributed by atoms with E-state index in [2.05, 4.69) is 34.3 Å². The van der Waals surface area contributed by atoms with Crippen molar-refractivity contribution in [3.8, 4) is 11.3 Å². The molecule has 2 saturated heterocycles. The summed E-state index contributed by atoms with van der Waals surface area (Å²) in [6.45, 7) is 7.96. The molecule has 166 valence electrons. The van der Waals surface area contributed by atoms with Gasteiger partial charge >= 0.3 is 0 Å². The Balaban J connectivity index is 1.34. The van der Waals surface area contributed by atoms with Gasteiger partial charge in [-0.15, -0.1) is 11.3 Å². The topological polar surface area (TPSA) is 74.8 Å². The number of nitrogens with zero attached hydrogens (tertiary/aromatic N) is 3. The van der Waals surface area contributed by atoms with E-state index in [4.69, 9.17) is 4.74 Å². The van der Waals surface area contributed by atoms with E-state index in [1.165, 1.54) is 16.9 Å². The van der Waals surface area contributed by atoms with Crippen molar-refractivity contribution in [3.63, 3.8) is 0 Å². The van der Waals surface area contributed by atoms with Crippen molar-refractivity contribution in [2.45, 2.75) is 32.7 Å². The molecule has 7 nitrogen and oxygen atoms in total. The van der Waals surface area contributed by atoms with Crippen LogP contribution in [0.1, 0.15) is 25.3 Å². The lowest BCUT2D eigenvalue weighted by Gasteiger charge is -2.38. The number of anilines is 1. The van der Waals surface area contributed by atoms with Crippen molar-refractivity contribution in [1.82, 2.24) is 14.8 Å². The predicted molar refractivity (Wildman–Crippen MR) is 122 cm³/mol.